The molecular formula is C10H21ClN2O2. The molecule has 1 atom stereocenters. The van der Waals surface area contributed by atoms with E-state index in [1.165, 1.54) is 0 Å². The zero-order valence-corrected chi connectivity index (χ0v) is 10.6. The largest absolute Gasteiger partial charge is 0.465 e. The summed E-state index contributed by atoms with van der Waals surface area (Å²) in [5.74, 6) is 0. The average Bonchev–Trinajstić information content (AvgIpc) is 2.02. The molecule has 5 heteroatoms. The number of piperazine rings is 1. The Balaban J connectivity index is 0.00000196. The van der Waals surface area contributed by atoms with Gasteiger partial charge in [0.25, 0.3) is 0 Å². The molecule has 1 saturated heterocycles. The lowest BCUT2D eigenvalue weighted by molar-refractivity contribution is -0.00103. The molecule has 0 unspecified atom stereocenters. The Morgan fingerprint density at radius 1 is 1.47 bits per heavy atom. The number of hydrogen-bond acceptors (Lipinski definition) is 2. The number of nitrogens with zero attached hydrogens (tertiary/aromatic N) is 1. The summed E-state index contributed by atoms with van der Waals surface area (Å²) in [5, 5.41) is 12.4. The van der Waals surface area contributed by atoms with Crippen LogP contribution >= 0.6 is 12.4 Å². The quantitative estimate of drug-likeness (QED) is 0.674. The predicted octanol–water partition coefficient (Wildman–Crippen LogP) is 1.80. The Kier molecular flexibility index (Phi) is 4.43. The fourth-order valence-corrected chi connectivity index (χ4v) is 1.84. The number of carboxylic acid groups (broad SMARTS) is 1. The van der Waals surface area contributed by atoms with Crippen LogP contribution in [0.25, 0.3) is 0 Å². The van der Waals surface area contributed by atoms with Crippen LogP contribution in [0.5, 0.6) is 0 Å². The van der Waals surface area contributed by atoms with Crippen LogP contribution in [0.15, 0.2) is 0 Å². The van der Waals surface area contributed by atoms with Crippen LogP contribution in [0, 0.1) is 5.41 Å². The monoisotopic (exact) mass is 236 g/mol. The minimum atomic E-state index is -0.816. The zero-order valence-electron chi connectivity index (χ0n) is 9.83. The van der Waals surface area contributed by atoms with Gasteiger partial charge in [-0.1, -0.05) is 20.8 Å². The van der Waals surface area contributed by atoms with Crippen molar-refractivity contribution in [3.63, 3.8) is 0 Å². The van der Waals surface area contributed by atoms with Crippen LogP contribution in [0.4, 0.5) is 4.79 Å². The average molecular weight is 237 g/mol. The molecule has 0 aromatic heterocycles. The van der Waals surface area contributed by atoms with Crippen molar-refractivity contribution in [3.8, 4) is 0 Å². The Labute approximate surface area is 97.4 Å². The fraction of sp³-hybridized carbons (Fsp3) is 0.900. The van der Waals surface area contributed by atoms with Gasteiger partial charge in [0.15, 0.2) is 0 Å². The van der Waals surface area contributed by atoms with E-state index in [1.807, 2.05) is 6.92 Å². The summed E-state index contributed by atoms with van der Waals surface area (Å²) in [5.41, 5.74) is -0.379. The van der Waals surface area contributed by atoms with E-state index in [0.717, 1.165) is 13.1 Å². The molecule has 1 fully saturated rings. The molecule has 1 aliphatic rings. The van der Waals surface area contributed by atoms with Gasteiger partial charge in [0, 0.05) is 19.6 Å². The molecular weight excluding hydrogens is 216 g/mol. The first-order chi connectivity index (χ1) is 6.29. The standard InChI is InChI=1S/C10H20N2O2.ClH/c1-9(2,3)10(4)7-11-5-6-12(10)8(13)14;/h11H,5-7H2,1-4H3,(H,13,14);1H/t10-;/m1./s1. The van der Waals surface area contributed by atoms with Crippen LogP contribution in [0.3, 0.4) is 0 Å². The third-order valence-electron chi connectivity index (χ3n) is 3.42. The van der Waals surface area contributed by atoms with Crippen molar-refractivity contribution in [2.75, 3.05) is 19.6 Å². The molecule has 0 aliphatic carbocycles. The molecule has 0 saturated carbocycles. The Morgan fingerprint density at radius 2 is 2.00 bits per heavy atom. The SMILES string of the molecule is CC(C)(C)[C@@]1(C)CNCCN1C(=O)O.Cl. The van der Waals surface area contributed by atoms with Crippen LogP contribution in [0.1, 0.15) is 27.7 Å². The van der Waals surface area contributed by atoms with E-state index in [9.17, 15) is 4.79 Å². The van der Waals surface area contributed by atoms with Crippen LogP contribution in [-0.2, 0) is 0 Å². The van der Waals surface area contributed by atoms with Gasteiger partial charge in [-0.15, -0.1) is 12.4 Å². The van der Waals surface area contributed by atoms with Crippen LogP contribution in [-0.4, -0.2) is 41.3 Å². The van der Waals surface area contributed by atoms with Gasteiger partial charge < -0.3 is 10.4 Å². The topological polar surface area (TPSA) is 52.6 Å². The lowest BCUT2D eigenvalue weighted by Gasteiger charge is -2.51. The third kappa shape index (κ3) is 2.55. The van der Waals surface area contributed by atoms with Gasteiger partial charge in [0.05, 0.1) is 5.54 Å². The van der Waals surface area contributed by atoms with E-state index in [0.29, 0.717) is 6.54 Å². The summed E-state index contributed by atoms with van der Waals surface area (Å²) >= 11 is 0. The molecule has 0 aromatic carbocycles. The molecule has 1 heterocycles. The third-order valence-corrected chi connectivity index (χ3v) is 3.42. The van der Waals surface area contributed by atoms with Crippen molar-refractivity contribution in [3.05, 3.63) is 0 Å². The molecule has 1 rings (SSSR count). The van der Waals surface area contributed by atoms with Crippen LogP contribution in [0.2, 0.25) is 0 Å². The maximum absolute atomic E-state index is 11.1. The number of amides is 1. The van der Waals surface area contributed by atoms with Crippen molar-refractivity contribution in [2.45, 2.75) is 33.2 Å². The highest BCUT2D eigenvalue weighted by molar-refractivity contribution is 5.85. The van der Waals surface area contributed by atoms with Crippen LogP contribution < -0.4 is 5.32 Å². The van der Waals surface area contributed by atoms with Gasteiger partial charge in [-0.3, -0.25) is 4.90 Å². The zero-order chi connectivity index (χ0) is 11.0. The molecule has 2 N–H and O–H groups in total. The highest BCUT2D eigenvalue weighted by Gasteiger charge is 2.46. The summed E-state index contributed by atoms with van der Waals surface area (Å²) in [7, 11) is 0. The van der Waals surface area contributed by atoms with Gasteiger partial charge in [-0.05, 0) is 12.3 Å². The second-order valence-electron chi connectivity index (χ2n) is 5.13. The summed E-state index contributed by atoms with van der Waals surface area (Å²) in [6.07, 6.45) is -0.816. The molecule has 1 amide bonds. The van der Waals surface area contributed by atoms with Crippen molar-refractivity contribution >= 4 is 18.5 Å². The molecule has 4 nitrogen and oxygen atoms in total. The van der Waals surface area contributed by atoms with Gasteiger partial charge in [-0.25, -0.2) is 4.79 Å². The number of hydrogen-bond donors (Lipinski definition) is 2. The van der Waals surface area contributed by atoms with Crippen molar-refractivity contribution in [1.29, 1.82) is 0 Å². The summed E-state index contributed by atoms with van der Waals surface area (Å²) < 4.78 is 0. The normalized spacial score (nSPS) is 27.1. The first-order valence-electron chi connectivity index (χ1n) is 5.00. The molecule has 0 aromatic rings. The lowest BCUT2D eigenvalue weighted by Crippen LogP contribution is -2.66. The van der Waals surface area contributed by atoms with E-state index in [4.69, 9.17) is 5.11 Å². The Bertz CT molecular complexity index is 240. The second kappa shape index (κ2) is 4.58. The summed E-state index contributed by atoms with van der Waals surface area (Å²) in [6, 6.07) is 0. The second-order valence-corrected chi connectivity index (χ2v) is 5.13. The van der Waals surface area contributed by atoms with E-state index < -0.39 is 6.09 Å². The Morgan fingerprint density at radius 3 is 2.33 bits per heavy atom. The summed E-state index contributed by atoms with van der Waals surface area (Å²) in [6.45, 7) is 10.3. The predicted molar refractivity (Wildman–Crippen MR) is 62.7 cm³/mol. The summed E-state index contributed by atoms with van der Waals surface area (Å²) in [4.78, 5) is 12.7. The van der Waals surface area contributed by atoms with Gasteiger partial charge in [0.2, 0.25) is 0 Å². The number of nitrogens with one attached hydrogen (secondary N) is 1. The molecule has 0 bridgehead atoms. The maximum atomic E-state index is 11.1. The maximum Gasteiger partial charge on any atom is 0.407 e. The number of halogens is 1. The smallest absolute Gasteiger partial charge is 0.407 e. The molecule has 15 heavy (non-hydrogen) atoms. The minimum Gasteiger partial charge on any atom is -0.465 e. The fourth-order valence-electron chi connectivity index (χ4n) is 1.84. The van der Waals surface area contributed by atoms with E-state index in [2.05, 4.69) is 26.1 Å². The van der Waals surface area contributed by atoms with Gasteiger partial charge >= 0.3 is 6.09 Å². The van der Waals surface area contributed by atoms with E-state index in [1.54, 1.807) is 4.90 Å². The molecule has 1 aliphatic heterocycles. The van der Waals surface area contributed by atoms with Crippen molar-refractivity contribution in [1.82, 2.24) is 10.2 Å². The van der Waals surface area contributed by atoms with Crippen molar-refractivity contribution in [2.24, 2.45) is 5.41 Å². The molecule has 0 radical (unpaired) electrons. The number of carbonyl (C=O) groups is 1. The first kappa shape index (κ1) is 14.5. The molecule has 0 spiro atoms. The highest BCUT2D eigenvalue weighted by Crippen LogP contribution is 2.36. The number of rotatable bonds is 0. The Hall–Kier alpha value is -0.480. The first-order valence-corrected chi connectivity index (χ1v) is 5.00. The lowest BCUT2D eigenvalue weighted by atomic mass is 9.73. The van der Waals surface area contributed by atoms with E-state index >= 15 is 0 Å². The van der Waals surface area contributed by atoms with E-state index in [-0.39, 0.29) is 23.4 Å². The molecule has 90 valence electrons. The highest BCUT2D eigenvalue weighted by atomic mass is 35.5. The van der Waals surface area contributed by atoms with Crippen molar-refractivity contribution < 1.29 is 9.90 Å². The minimum absolute atomic E-state index is 0. The van der Waals surface area contributed by atoms with Gasteiger partial charge in [0.1, 0.15) is 0 Å². The van der Waals surface area contributed by atoms with Gasteiger partial charge in [-0.2, -0.15) is 0 Å².